The van der Waals surface area contributed by atoms with E-state index in [-0.39, 0.29) is 5.91 Å². The van der Waals surface area contributed by atoms with Crippen LogP contribution in [-0.4, -0.2) is 32.3 Å². The topological polar surface area (TPSA) is 80.9 Å². The lowest BCUT2D eigenvalue weighted by molar-refractivity contribution is -0.116. The van der Waals surface area contributed by atoms with Crippen molar-refractivity contribution in [1.29, 1.82) is 0 Å². The molecule has 0 spiro atoms. The third-order valence-electron chi connectivity index (χ3n) is 4.13. The molecule has 0 aliphatic carbocycles. The van der Waals surface area contributed by atoms with Gasteiger partial charge < -0.3 is 30.2 Å². The number of hydrogen-bond donors (Lipinski definition) is 3. The average Bonchev–Trinajstić information content (AvgIpc) is 2.72. The number of benzene rings is 2. The van der Waals surface area contributed by atoms with Gasteiger partial charge >= 0.3 is 0 Å². The van der Waals surface area contributed by atoms with E-state index in [2.05, 4.69) is 16.0 Å². The van der Waals surface area contributed by atoms with Gasteiger partial charge in [-0.2, -0.15) is 0 Å². The molecule has 0 atom stereocenters. The number of carbonyl (C=O) groups excluding carboxylic acids is 1. The molecular weight excluding hydrogens is 390 g/mol. The second-order valence-electron chi connectivity index (χ2n) is 6.22. The van der Waals surface area contributed by atoms with E-state index in [0.717, 1.165) is 24.3 Å². The molecule has 2 aromatic rings. The molecule has 0 unspecified atom stereocenters. The highest BCUT2D eigenvalue weighted by molar-refractivity contribution is 7.80. The lowest BCUT2D eigenvalue weighted by atomic mass is 10.2. The SMILES string of the molecule is CCCCC(=O)Nc1cc(OC)c(NC(=S)Nc2cccc(OC)c2)cc1OC. The van der Waals surface area contributed by atoms with Crippen molar-refractivity contribution >= 4 is 40.3 Å². The van der Waals surface area contributed by atoms with E-state index < -0.39 is 0 Å². The van der Waals surface area contributed by atoms with Crippen molar-refractivity contribution in [3.8, 4) is 17.2 Å². The fraction of sp³-hybridized carbons (Fsp3) is 0.333. The van der Waals surface area contributed by atoms with E-state index in [1.807, 2.05) is 31.2 Å². The molecule has 156 valence electrons. The van der Waals surface area contributed by atoms with Gasteiger partial charge in [0.25, 0.3) is 0 Å². The first-order chi connectivity index (χ1) is 14.0. The van der Waals surface area contributed by atoms with Gasteiger partial charge in [-0.1, -0.05) is 19.4 Å². The normalized spacial score (nSPS) is 10.1. The van der Waals surface area contributed by atoms with E-state index in [1.54, 1.807) is 33.5 Å². The maximum Gasteiger partial charge on any atom is 0.224 e. The number of nitrogens with one attached hydrogen (secondary N) is 3. The van der Waals surface area contributed by atoms with Crippen molar-refractivity contribution in [3.63, 3.8) is 0 Å². The Morgan fingerprint density at radius 1 is 0.931 bits per heavy atom. The fourth-order valence-corrected chi connectivity index (χ4v) is 2.86. The minimum Gasteiger partial charge on any atom is -0.497 e. The Labute approximate surface area is 176 Å². The molecule has 2 rings (SSSR count). The Kier molecular flexibility index (Phi) is 8.54. The van der Waals surface area contributed by atoms with Gasteiger partial charge in [0.05, 0.1) is 32.7 Å². The van der Waals surface area contributed by atoms with Crippen LogP contribution in [0.4, 0.5) is 17.1 Å². The Morgan fingerprint density at radius 2 is 1.59 bits per heavy atom. The van der Waals surface area contributed by atoms with E-state index in [9.17, 15) is 4.79 Å². The molecule has 0 aromatic heterocycles. The van der Waals surface area contributed by atoms with Crippen molar-refractivity contribution in [1.82, 2.24) is 0 Å². The molecule has 3 N–H and O–H groups in total. The summed E-state index contributed by atoms with van der Waals surface area (Å²) in [5, 5.41) is 9.44. The minimum absolute atomic E-state index is 0.0666. The maximum absolute atomic E-state index is 12.1. The summed E-state index contributed by atoms with van der Waals surface area (Å²) < 4.78 is 16.1. The number of ether oxygens (including phenoxy) is 3. The van der Waals surface area contributed by atoms with Crippen LogP contribution >= 0.6 is 12.2 Å². The molecule has 2 aromatic carbocycles. The van der Waals surface area contributed by atoms with Crippen molar-refractivity contribution in [3.05, 3.63) is 36.4 Å². The summed E-state index contributed by atoms with van der Waals surface area (Å²) in [6, 6.07) is 10.9. The molecule has 0 bridgehead atoms. The summed E-state index contributed by atoms with van der Waals surface area (Å²) in [4.78, 5) is 12.1. The van der Waals surface area contributed by atoms with Crippen LogP contribution in [-0.2, 0) is 4.79 Å². The number of thiocarbonyl (C=S) groups is 1. The molecule has 7 nitrogen and oxygen atoms in total. The third kappa shape index (κ3) is 6.53. The lowest BCUT2D eigenvalue weighted by Crippen LogP contribution is -2.20. The molecular formula is C21H27N3O4S. The number of carbonyl (C=O) groups is 1. The van der Waals surface area contributed by atoms with Crippen LogP contribution in [0.5, 0.6) is 17.2 Å². The lowest BCUT2D eigenvalue weighted by Gasteiger charge is -2.17. The first-order valence-electron chi connectivity index (χ1n) is 9.28. The zero-order valence-electron chi connectivity index (χ0n) is 17.1. The predicted molar refractivity (Wildman–Crippen MR) is 121 cm³/mol. The van der Waals surface area contributed by atoms with Gasteiger partial charge in [0.1, 0.15) is 17.2 Å². The highest BCUT2D eigenvalue weighted by Gasteiger charge is 2.14. The second-order valence-corrected chi connectivity index (χ2v) is 6.62. The molecule has 8 heteroatoms. The van der Waals surface area contributed by atoms with E-state index in [0.29, 0.717) is 34.4 Å². The highest BCUT2D eigenvalue weighted by Crippen LogP contribution is 2.36. The van der Waals surface area contributed by atoms with Gasteiger partial charge in [0.2, 0.25) is 5.91 Å². The van der Waals surface area contributed by atoms with Crippen LogP contribution < -0.4 is 30.2 Å². The van der Waals surface area contributed by atoms with Crippen molar-refractivity contribution in [2.45, 2.75) is 26.2 Å². The molecule has 0 radical (unpaired) electrons. The molecule has 0 heterocycles. The summed E-state index contributed by atoms with van der Waals surface area (Å²) in [5.41, 5.74) is 1.94. The number of anilines is 3. The standard InChI is InChI=1S/C21H27N3O4S/c1-5-6-10-20(25)23-16-12-19(28-4)17(13-18(16)27-3)24-21(29)22-14-8-7-9-15(11-14)26-2/h7-9,11-13H,5-6,10H2,1-4H3,(H,23,25)(H2,22,24,29). The predicted octanol–water partition coefficient (Wildman–Crippen LogP) is 4.65. The van der Waals surface area contributed by atoms with Crippen LogP contribution in [0.25, 0.3) is 0 Å². The maximum atomic E-state index is 12.1. The number of rotatable bonds is 9. The summed E-state index contributed by atoms with van der Waals surface area (Å²) in [6.45, 7) is 2.04. The summed E-state index contributed by atoms with van der Waals surface area (Å²) in [6.07, 6.45) is 2.24. The molecule has 1 amide bonds. The van der Waals surface area contributed by atoms with Crippen molar-refractivity contribution < 1.29 is 19.0 Å². The first-order valence-corrected chi connectivity index (χ1v) is 9.69. The van der Waals surface area contributed by atoms with Crippen LogP contribution in [0.1, 0.15) is 26.2 Å². The van der Waals surface area contributed by atoms with Gasteiger partial charge in [0, 0.05) is 30.3 Å². The van der Waals surface area contributed by atoms with Crippen LogP contribution in [0.15, 0.2) is 36.4 Å². The smallest absolute Gasteiger partial charge is 0.224 e. The van der Waals surface area contributed by atoms with Crippen molar-refractivity contribution in [2.24, 2.45) is 0 Å². The Balaban J connectivity index is 2.16. The van der Waals surface area contributed by atoms with E-state index in [4.69, 9.17) is 26.4 Å². The third-order valence-corrected chi connectivity index (χ3v) is 4.33. The number of methoxy groups -OCH3 is 3. The Hall–Kier alpha value is -3.00. The molecule has 0 saturated carbocycles. The zero-order chi connectivity index (χ0) is 21.2. The molecule has 0 saturated heterocycles. The summed E-state index contributed by atoms with van der Waals surface area (Å²) in [5.74, 6) is 1.68. The van der Waals surface area contributed by atoms with Crippen LogP contribution in [0.3, 0.4) is 0 Å². The molecule has 0 fully saturated rings. The Bertz CT molecular complexity index is 858. The average molecular weight is 418 g/mol. The van der Waals surface area contributed by atoms with Crippen LogP contribution in [0, 0.1) is 0 Å². The van der Waals surface area contributed by atoms with Gasteiger partial charge in [-0.25, -0.2) is 0 Å². The monoisotopic (exact) mass is 417 g/mol. The second kappa shape index (κ2) is 11.1. The Morgan fingerprint density at radius 3 is 2.17 bits per heavy atom. The zero-order valence-corrected chi connectivity index (χ0v) is 17.9. The molecule has 29 heavy (non-hydrogen) atoms. The summed E-state index contributed by atoms with van der Waals surface area (Å²) in [7, 11) is 4.70. The quantitative estimate of drug-likeness (QED) is 0.512. The summed E-state index contributed by atoms with van der Waals surface area (Å²) >= 11 is 5.41. The van der Waals surface area contributed by atoms with Gasteiger partial charge in [-0.05, 0) is 30.8 Å². The number of hydrogen-bond acceptors (Lipinski definition) is 5. The van der Waals surface area contributed by atoms with Gasteiger partial charge in [-0.3, -0.25) is 4.79 Å². The molecule has 0 aliphatic rings. The van der Waals surface area contributed by atoms with E-state index >= 15 is 0 Å². The van der Waals surface area contributed by atoms with Crippen molar-refractivity contribution in [2.75, 3.05) is 37.3 Å². The fourth-order valence-electron chi connectivity index (χ4n) is 2.63. The number of unbranched alkanes of at least 4 members (excludes halogenated alkanes) is 1. The minimum atomic E-state index is -0.0666. The molecule has 0 aliphatic heterocycles. The van der Waals surface area contributed by atoms with Gasteiger partial charge in [0.15, 0.2) is 5.11 Å². The largest absolute Gasteiger partial charge is 0.497 e. The van der Waals surface area contributed by atoms with Gasteiger partial charge in [-0.15, -0.1) is 0 Å². The van der Waals surface area contributed by atoms with E-state index in [1.165, 1.54) is 0 Å². The first kappa shape index (κ1) is 22.3. The number of amides is 1. The van der Waals surface area contributed by atoms with Crippen LogP contribution in [0.2, 0.25) is 0 Å². The highest BCUT2D eigenvalue weighted by atomic mass is 32.1.